The second-order valence-electron chi connectivity index (χ2n) is 4.12. The van der Waals surface area contributed by atoms with Crippen molar-refractivity contribution < 1.29 is 4.21 Å². The molecule has 0 radical (unpaired) electrons. The maximum Gasteiger partial charge on any atom is 0.0621 e. The van der Waals surface area contributed by atoms with E-state index in [4.69, 9.17) is 17.3 Å². The van der Waals surface area contributed by atoms with Gasteiger partial charge in [-0.2, -0.15) is 0 Å². The number of hydrogen-bond donors (Lipinski definition) is 1. The van der Waals surface area contributed by atoms with E-state index in [9.17, 15) is 4.21 Å². The quantitative estimate of drug-likeness (QED) is 0.874. The molecule has 2 nitrogen and oxygen atoms in total. The molecule has 1 atom stereocenters. The predicted octanol–water partition coefficient (Wildman–Crippen LogP) is 3.54. The molecule has 0 aliphatic carbocycles. The van der Waals surface area contributed by atoms with Gasteiger partial charge in [-0.3, -0.25) is 4.21 Å². The second-order valence-corrected chi connectivity index (χ2v) is 5.95. The fourth-order valence-electron chi connectivity index (χ4n) is 1.71. The van der Waals surface area contributed by atoms with Crippen molar-refractivity contribution in [1.82, 2.24) is 0 Å². The van der Waals surface area contributed by atoms with E-state index in [-0.39, 0.29) is 0 Å². The molecule has 0 heterocycles. The summed E-state index contributed by atoms with van der Waals surface area (Å²) in [6, 6.07) is 13.0. The highest BCUT2D eigenvalue weighted by Crippen LogP contribution is 2.23. The van der Waals surface area contributed by atoms with Crippen molar-refractivity contribution in [3.05, 3.63) is 58.6 Å². The molecular weight excluding hydrogens is 266 g/mol. The molecule has 94 valence electrons. The van der Waals surface area contributed by atoms with Crippen molar-refractivity contribution in [2.75, 3.05) is 5.73 Å². The normalized spacial score (nSPS) is 12.3. The van der Waals surface area contributed by atoms with Gasteiger partial charge in [0.2, 0.25) is 0 Å². The smallest absolute Gasteiger partial charge is 0.0621 e. The zero-order valence-electron chi connectivity index (χ0n) is 10.0. The summed E-state index contributed by atoms with van der Waals surface area (Å²) in [5.74, 6) is 0.382. The molecule has 18 heavy (non-hydrogen) atoms. The summed E-state index contributed by atoms with van der Waals surface area (Å²) in [6.07, 6.45) is 0. The van der Waals surface area contributed by atoms with Gasteiger partial charge in [-0.25, -0.2) is 0 Å². The molecule has 2 aromatic rings. The lowest BCUT2D eigenvalue weighted by molar-refractivity contribution is 0.683. The standard InChI is InChI=1S/C14H14ClNOS/c1-10-6-7-14(13(16)8-10)18(17)9-11-4-2-3-5-12(11)15/h2-8H,9,16H2,1H3. The summed E-state index contributed by atoms with van der Waals surface area (Å²) < 4.78 is 12.3. The number of nitrogens with two attached hydrogens (primary N) is 1. The van der Waals surface area contributed by atoms with Crippen molar-refractivity contribution in [3.63, 3.8) is 0 Å². The molecule has 2 N–H and O–H groups in total. The van der Waals surface area contributed by atoms with Crippen LogP contribution in [0.4, 0.5) is 5.69 Å². The Hall–Kier alpha value is -1.32. The van der Waals surface area contributed by atoms with Gasteiger partial charge in [0.25, 0.3) is 0 Å². The van der Waals surface area contributed by atoms with Crippen LogP contribution in [-0.4, -0.2) is 4.21 Å². The van der Waals surface area contributed by atoms with Crippen molar-refractivity contribution in [3.8, 4) is 0 Å². The molecule has 0 aromatic heterocycles. The van der Waals surface area contributed by atoms with E-state index < -0.39 is 10.8 Å². The highest BCUT2D eigenvalue weighted by molar-refractivity contribution is 7.84. The van der Waals surface area contributed by atoms with Crippen molar-refractivity contribution in [1.29, 1.82) is 0 Å². The Morgan fingerprint density at radius 3 is 2.61 bits per heavy atom. The monoisotopic (exact) mass is 279 g/mol. The number of halogens is 1. The molecule has 1 unspecified atom stereocenters. The highest BCUT2D eigenvalue weighted by Gasteiger charge is 2.10. The minimum absolute atomic E-state index is 0.382. The first-order valence-electron chi connectivity index (χ1n) is 5.56. The molecular formula is C14H14ClNOS. The Morgan fingerprint density at radius 2 is 1.94 bits per heavy atom. The summed E-state index contributed by atoms with van der Waals surface area (Å²) in [5, 5.41) is 0.636. The summed E-state index contributed by atoms with van der Waals surface area (Å²) in [5.41, 5.74) is 8.39. The van der Waals surface area contributed by atoms with E-state index in [0.29, 0.717) is 21.4 Å². The van der Waals surface area contributed by atoms with Crippen LogP contribution >= 0.6 is 11.6 Å². The average molecular weight is 280 g/mol. The van der Waals surface area contributed by atoms with E-state index >= 15 is 0 Å². The molecule has 4 heteroatoms. The third-order valence-electron chi connectivity index (χ3n) is 2.66. The van der Waals surface area contributed by atoms with Gasteiger partial charge in [-0.05, 0) is 36.2 Å². The van der Waals surface area contributed by atoms with Gasteiger partial charge in [0.15, 0.2) is 0 Å². The van der Waals surface area contributed by atoms with E-state index in [1.807, 2.05) is 43.3 Å². The highest BCUT2D eigenvalue weighted by atomic mass is 35.5. The van der Waals surface area contributed by atoms with Crippen LogP contribution in [-0.2, 0) is 16.6 Å². The number of rotatable bonds is 3. The van der Waals surface area contributed by atoms with Gasteiger partial charge in [-0.1, -0.05) is 35.9 Å². The number of aryl methyl sites for hydroxylation is 1. The number of hydrogen-bond acceptors (Lipinski definition) is 2. The Labute approximate surface area is 114 Å². The molecule has 0 saturated carbocycles. The Bertz CT molecular complexity index is 598. The topological polar surface area (TPSA) is 43.1 Å². The number of anilines is 1. The molecule has 2 rings (SSSR count). The van der Waals surface area contributed by atoms with Crippen LogP contribution in [0.25, 0.3) is 0 Å². The summed E-state index contributed by atoms with van der Waals surface area (Å²) >= 11 is 6.06. The summed E-state index contributed by atoms with van der Waals surface area (Å²) in [6.45, 7) is 1.96. The lowest BCUT2D eigenvalue weighted by Gasteiger charge is -2.08. The Balaban J connectivity index is 2.25. The lowest BCUT2D eigenvalue weighted by Crippen LogP contribution is -2.01. The zero-order valence-corrected chi connectivity index (χ0v) is 11.6. The van der Waals surface area contributed by atoms with Crippen LogP contribution in [0.15, 0.2) is 47.4 Å². The van der Waals surface area contributed by atoms with Crippen LogP contribution in [0.5, 0.6) is 0 Å². The third-order valence-corrected chi connectivity index (χ3v) is 4.46. The molecule has 0 fully saturated rings. The minimum atomic E-state index is -1.17. The summed E-state index contributed by atoms with van der Waals surface area (Å²) in [4.78, 5) is 0.667. The van der Waals surface area contributed by atoms with Crippen LogP contribution in [0.3, 0.4) is 0 Å². The first-order valence-corrected chi connectivity index (χ1v) is 7.25. The zero-order chi connectivity index (χ0) is 13.1. The maximum atomic E-state index is 12.3. The van der Waals surface area contributed by atoms with Gasteiger partial charge >= 0.3 is 0 Å². The van der Waals surface area contributed by atoms with Gasteiger partial charge < -0.3 is 5.73 Å². The van der Waals surface area contributed by atoms with Crippen molar-refractivity contribution in [2.24, 2.45) is 0 Å². The lowest BCUT2D eigenvalue weighted by atomic mass is 10.2. The second kappa shape index (κ2) is 5.55. The van der Waals surface area contributed by atoms with E-state index in [0.717, 1.165) is 11.1 Å². The van der Waals surface area contributed by atoms with Crippen molar-refractivity contribution >= 4 is 28.1 Å². The van der Waals surface area contributed by atoms with Gasteiger partial charge in [0, 0.05) is 10.7 Å². The molecule has 0 bridgehead atoms. The molecule has 0 aliphatic rings. The first kappa shape index (κ1) is 13.1. The van der Waals surface area contributed by atoms with Gasteiger partial charge in [0.05, 0.1) is 21.4 Å². The fraction of sp³-hybridized carbons (Fsp3) is 0.143. The minimum Gasteiger partial charge on any atom is -0.398 e. The predicted molar refractivity (Wildman–Crippen MR) is 77.2 cm³/mol. The number of nitrogen functional groups attached to an aromatic ring is 1. The van der Waals surface area contributed by atoms with Gasteiger partial charge in [0.1, 0.15) is 0 Å². The van der Waals surface area contributed by atoms with E-state index in [1.165, 1.54) is 0 Å². The molecule has 0 saturated heterocycles. The van der Waals surface area contributed by atoms with E-state index in [2.05, 4.69) is 0 Å². The van der Waals surface area contributed by atoms with Crippen LogP contribution in [0.1, 0.15) is 11.1 Å². The Morgan fingerprint density at radius 1 is 1.22 bits per heavy atom. The molecule has 0 aliphatic heterocycles. The largest absolute Gasteiger partial charge is 0.398 e. The van der Waals surface area contributed by atoms with Crippen LogP contribution in [0.2, 0.25) is 5.02 Å². The Kier molecular flexibility index (Phi) is 4.04. The van der Waals surface area contributed by atoms with Crippen LogP contribution in [0, 0.1) is 6.92 Å². The maximum absolute atomic E-state index is 12.3. The first-order chi connectivity index (χ1) is 8.58. The third kappa shape index (κ3) is 2.92. The van der Waals surface area contributed by atoms with E-state index in [1.54, 1.807) is 6.07 Å². The average Bonchev–Trinajstić information content (AvgIpc) is 2.32. The van der Waals surface area contributed by atoms with Crippen LogP contribution < -0.4 is 5.73 Å². The number of benzene rings is 2. The molecule has 0 amide bonds. The van der Waals surface area contributed by atoms with Crippen molar-refractivity contribution in [2.45, 2.75) is 17.6 Å². The molecule has 0 spiro atoms. The molecule has 2 aromatic carbocycles. The van der Waals surface area contributed by atoms with Gasteiger partial charge in [-0.15, -0.1) is 0 Å². The fourth-order valence-corrected chi connectivity index (χ4v) is 3.22. The SMILES string of the molecule is Cc1ccc(S(=O)Cc2ccccc2Cl)c(N)c1. The summed E-state index contributed by atoms with van der Waals surface area (Å²) in [7, 11) is -1.17.